The van der Waals surface area contributed by atoms with Crippen molar-refractivity contribution in [3.05, 3.63) is 109 Å². The van der Waals surface area contributed by atoms with Crippen molar-refractivity contribution < 1.29 is 32.9 Å². The third-order valence-corrected chi connectivity index (χ3v) is 14.5. The van der Waals surface area contributed by atoms with Crippen molar-refractivity contribution in [2.45, 2.75) is 270 Å². The van der Waals surface area contributed by atoms with Crippen LogP contribution in [0.25, 0.3) is 0 Å². The maximum Gasteiger partial charge on any atom is 0.472 e. The van der Waals surface area contributed by atoms with Crippen LogP contribution in [0.1, 0.15) is 258 Å². The zero-order chi connectivity index (χ0) is 55.6. The maximum atomic E-state index is 13.0. The largest absolute Gasteiger partial charge is 0.472 e. The molecule has 438 valence electrons. The van der Waals surface area contributed by atoms with Crippen LogP contribution < -0.4 is 5.32 Å². The van der Waals surface area contributed by atoms with Gasteiger partial charge < -0.3 is 19.8 Å². The number of nitrogens with one attached hydrogen (secondary N) is 1. The van der Waals surface area contributed by atoms with Gasteiger partial charge in [0.1, 0.15) is 13.2 Å². The molecule has 0 spiro atoms. The van der Waals surface area contributed by atoms with Crippen molar-refractivity contribution in [3.63, 3.8) is 0 Å². The summed E-state index contributed by atoms with van der Waals surface area (Å²) < 4.78 is 23.7. The lowest BCUT2D eigenvalue weighted by molar-refractivity contribution is -0.870. The number of phosphoric acid groups is 1. The second-order valence-electron chi connectivity index (χ2n) is 22.0. The first kappa shape index (κ1) is 73.2. The lowest BCUT2D eigenvalue weighted by atomic mass is 10.0. The van der Waals surface area contributed by atoms with Gasteiger partial charge >= 0.3 is 7.82 Å². The monoisotopic (exact) mass is 1080 g/mol. The van der Waals surface area contributed by atoms with Gasteiger partial charge in [-0.2, -0.15) is 0 Å². The lowest BCUT2D eigenvalue weighted by Gasteiger charge is -2.25. The second-order valence-corrected chi connectivity index (χ2v) is 23.5. The van der Waals surface area contributed by atoms with E-state index in [1.54, 1.807) is 6.08 Å². The molecule has 0 saturated carbocycles. The standard InChI is InChI=1S/C67H119N2O6P/c1-6-8-10-12-14-16-18-20-22-23-24-25-26-27-28-29-30-31-32-33-34-35-36-37-38-39-40-41-42-43-44-45-47-49-51-53-55-57-59-61-67(71)68-65(64-75-76(72,73)74-63-62-69(3,4)5)66(70)60-58-56-54-52-50-48-46-21-19-17-15-13-11-9-7-2/h8,10,14,16,20,22,24-25,27-28,30-31,33-34,50,52,58,60,65-66,70H,6-7,9,11-13,15,17-19,21,23,26,29,32,35-49,51,53-57,59,61-64H2,1-5H3,(H-,68,71,72,73)/p+1/b10-8-,16-14-,22-20-,25-24-,28-27-,31-30-,34-33-,52-50+,60-58+. The summed E-state index contributed by atoms with van der Waals surface area (Å²) in [6.45, 7) is 4.68. The third-order valence-electron chi connectivity index (χ3n) is 13.5. The summed E-state index contributed by atoms with van der Waals surface area (Å²) in [5.74, 6) is -0.188. The topological polar surface area (TPSA) is 105 Å². The first-order valence-electron chi connectivity index (χ1n) is 31.3. The molecule has 0 heterocycles. The zero-order valence-corrected chi connectivity index (χ0v) is 50.9. The predicted molar refractivity (Wildman–Crippen MR) is 332 cm³/mol. The normalized spacial score (nSPS) is 14.6. The van der Waals surface area contributed by atoms with Gasteiger partial charge in [-0.3, -0.25) is 13.8 Å². The summed E-state index contributed by atoms with van der Waals surface area (Å²) in [6, 6.07) is -0.867. The fraction of sp³-hybridized carbons (Fsp3) is 0.716. The van der Waals surface area contributed by atoms with E-state index in [0.29, 0.717) is 17.4 Å². The van der Waals surface area contributed by atoms with Crippen molar-refractivity contribution in [3.8, 4) is 0 Å². The molecule has 0 rings (SSSR count). The van der Waals surface area contributed by atoms with Gasteiger partial charge in [0.05, 0.1) is 39.9 Å². The number of hydrogen-bond acceptors (Lipinski definition) is 5. The van der Waals surface area contributed by atoms with Gasteiger partial charge in [0.15, 0.2) is 0 Å². The van der Waals surface area contributed by atoms with Gasteiger partial charge in [-0.05, 0) is 89.9 Å². The number of unbranched alkanes of at least 4 members (excludes halogenated alkanes) is 27. The number of amides is 1. The van der Waals surface area contributed by atoms with Gasteiger partial charge in [-0.25, -0.2) is 4.57 Å². The number of nitrogens with zero attached hydrogens (tertiary/aromatic N) is 1. The van der Waals surface area contributed by atoms with Crippen molar-refractivity contribution in [1.29, 1.82) is 0 Å². The molecule has 0 radical (unpaired) electrons. The minimum atomic E-state index is -4.36. The van der Waals surface area contributed by atoms with Crippen LogP contribution in [-0.4, -0.2) is 73.4 Å². The van der Waals surface area contributed by atoms with E-state index in [0.717, 1.165) is 83.5 Å². The molecule has 0 aromatic carbocycles. The van der Waals surface area contributed by atoms with E-state index in [-0.39, 0.29) is 19.1 Å². The Bertz CT molecular complexity index is 1600. The van der Waals surface area contributed by atoms with Gasteiger partial charge in [-0.15, -0.1) is 0 Å². The van der Waals surface area contributed by atoms with Crippen LogP contribution in [0, 0.1) is 0 Å². The Kier molecular flexibility index (Phi) is 54.7. The molecular formula is C67H120N2O6P+. The highest BCUT2D eigenvalue weighted by Gasteiger charge is 2.27. The maximum absolute atomic E-state index is 13.0. The molecular weight excluding hydrogens is 960 g/mol. The van der Waals surface area contributed by atoms with Gasteiger partial charge in [0.2, 0.25) is 5.91 Å². The molecule has 0 bridgehead atoms. The highest BCUT2D eigenvalue weighted by Crippen LogP contribution is 2.43. The second kappa shape index (κ2) is 56.9. The van der Waals surface area contributed by atoms with Gasteiger partial charge in [0, 0.05) is 6.42 Å². The van der Waals surface area contributed by atoms with E-state index in [2.05, 4.69) is 116 Å². The molecule has 76 heavy (non-hydrogen) atoms. The Labute approximate surface area is 470 Å². The first-order valence-corrected chi connectivity index (χ1v) is 32.8. The molecule has 0 aromatic rings. The number of carbonyl (C=O) groups is 1. The minimum absolute atomic E-state index is 0.0533. The highest BCUT2D eigenvalue weighted by molar-refractivity contribution is 7.47. The van der Waals surface area contributed by atoms with E-state index in [4.69, 9.17) is 9.05 Å². The van der Waals surface area contributed by atoms with Crippen LogP contribution in [0.2, 0.25) is 0 Å². The van der Waals surface area contributed by atoms with E-state index in [1.807, 2.05) is 27.2 Å². The van der Waals surface area contributed by atoms with Gasteiger partial charge in [0.25, 0.3) is 0 Å². The Hall–Kier alpha value is -2.84. The Balaban J connectivity index is 4.03. The average molecular weight is 1080 g/mol. The lowest BCUT2D eigenvalue weighted by Crippen LogP contribution is -2.45. The Morgan fingerprint density at radius 2 is 0.803 bits per heavy atom. The smallest absolute Gasteiger partial charge is 0.387 e. The molecule has 0 aliphatic carbocycles. The summed E-state index contributed by atoms with van der Waals surface area (Å²) >= 11 is 0. The number of allylic oxidation sites excluding steroid dienone is 17. The number of phosphoric ester groups is 1. The van der Waals surface area contributed by atoms with Crippen LogP contribution >= 0.6 is 7.82 Å². The number of quaternary nitrogens is 1. The summed E-state index contributed by atoms with van der Waals surface area (Å²) in [5.41, 5.74) is 0. The number of rotatable bonds is 56. The molecule has 3 N–H and O–H groups in total. The fourth-order valence-electron chi connectivity index (χ4n) is 8.63. The van der Waals surface area contributed by atoms with Crippen LogP contribution in [0.3, 0.4) is 0 Å². The molecule has 1 amide bonds. The molecule has 0 aliphatic rings. The fourth-order valence-corrected chi connectivity index (χ4v) is 9.36. The quantitative estimate of drug-likeness (QED) is 0.0243. The number of likely N-dealkylation sites (N-methyl/N-ethyl adjacent to an activating group) is 1. The van der Waals surface area contributed by atoms with Crippen molar-refractivity contribution in [1.82, 2.24) is 5.32 Å². The molecule has 0 fully saturated rings. The molecule has 3 unspecified atom stereocenters. The molecule has 8 nitrogen and oxygen atoms in total. The third kappa shape index (κ3) is 58.8. The Morgan fingerprint density at radius 3 is 1.21 bits per heavy atom. The molecule has 9 heteroatoms. The van der Waals surface area contributed by atoms with E-state index in [9.17, 15) is 19.4 Å². The minimum Gasteiger partial charge on any atom is -0.387 e. The molecule has 3 atom stereocenters. The molecule has 0 aliphatic heterocycles. The summed E-state index contributed by atoms with van der Waals surface area (Å²) in [5, 5.41) is 13.9. The first-order chi connectivity index (χ1) is 37.0. The van der Waals surface area contributed by atoms with E-state index in [1.165, 1.54) is 154 Å². The number of aliphatic hydroxyl groups is 1. The Morgan fingerprint density at radius 1 is 0.461 bits per heavy atom. The summed E-state index contributed by atoms with van der Waals surface area (Å²) in [6.07, 6.45) is 83.6. The zero-order valence-electron chi connectivity index (χ0n) is 50.0. The van der Waals surface area contributed by atoms with Crippen LogP contribution in [0.4, 0.5) is 0 Å². The van der Waals surface area contributed by atoms with Crippen LogP contribution in [0.15, 0.2) is 109 Å². The van der Waals surface area contributed by atoms with Crippen molar-refractivity contribution >= 4 is 13.7 Å². The van der Waals surface area contributed by atoms with Crippen LogP contribution in [-0.2, 0) is 18.4 Å². The van der Waals surface area contributed by atoms with E-state index >= 15 is 0 Å². The summed E-state index contributed by atoms with van der Waals surface area (Å²) in [4.78, 5) is 23.3. The predicted octanol–water partition coefficient (Wildman–Crippen LogP) is 19.5. The molecule has 0 saturated heterocycles. The number of hydrogen-bond donors (Lipinski definition) is 3. The van der Waals surface area contributed by atoms with Crippen molar-refractivity contribution in [2.75, 3.05) is 40.9 Å². The van der Waals surface area contributed by atoms with E-state index < -0.39 is 20.0 Å². The van der Waals surface area contributed by atoms with Crippen molar-refractivity contribution in [2.24, 2.45) is 0 Å². The number of carbonyl (C=O) groups excluding carboxylic acids is 1. The SMILES string of the molecule is CC/C=C\C/C=C\C/C=C\C/C=C\C/C=C\C/C=C\C/C=C\CCCCCCCCCCCCCCCCCCCC(=O)NC(COP(=O)(O)OCC[N+](C)(C)C)C(O)/C=C/CC/C=C/CCCCCCCCCCC. The molecule has 0 aromatic heterocycles. The highest BCUT2D eigenvalue weighted by atomic mass is 31.2. The number of aliphatic hydroxyl groups excluding tert-OH is 1. The average Bonchev–Trinajstić information content (AvgIpc) is 3.38. The summed E-state index contributed by atoms with van der Waals surface area (Å²) in [7, 11) is 1.55. The van der Waals surface area contributed by atoms with Gasteiger partial charge in [-0.1, -0.05) is 271 Å². The van der Waals surface area contributed by atoms with Crippen LogP contribution in [0.5, 0.6) is 0 Å².